The minimum absolute atomic E-state index is 0.783. The van der Waals surface area contributed by atoms with Gasteiger partial charge in [-0.1, -0.05) is 22.5 Å². The van der Waals surface area contributed by atoms with Crippen molar-refractivity contribution >= 4 is 15.9 Å². The first kappa shape index (κ1) is 9.48. The molecule has 12 heavy (non-hydrogen) atoms. The molecule has 0 unspecified atom stereocenters. The molecule has 0 aliphatic carbocycles. The maximum Gasteiger partial charge on any atom is 0.0945 e. The highest BCUT2D eigenvalue weighted by Crippen LogP contribution is 1.99. The zero-order valence-corrected chi connectivity index (χ0v) is 8.63. The smallest absolute Gasteiger partial charge is 0.0945 e. The van der Waals surface area contributed by atoms with Gasteiger partial charge >= 0.3 is 0 Å². The summed E-state index contributed by atoms with van der Waals surface area (Å²) in [6.45, 7) is 5.33. The number of halogens is 1. The molecule has 0 atom stereocenters. The Morgan fingerprint density at radius 3 is 3.08 bits per heavy atom. The summed E-state index contributed by atoms with van der Waals surface area (Å²) in [4.78, 5) is 4.01. The zero-order valence-electron chi connectivity index (χ0n) is 7.05. The third-order valence-electron chi connectivity index (χ3n) is 1.54. The quantitative estimate of drug-likeness (QED) is 0.847. The summed E-state index contributed by atoms with van der Waals surface area (Å²) < 4.78 is 2.95. The van der Waals surface area contributed by atoms with Crippen molar-refractivity contribution in [3.8, 4) is 0 Å². The SMILES string of the molecule is C=C(Br)CNCc1cncn1C. The Labute approximate surface area is 80.6 Å². The maximum absolute atomic E-state index is 4.01. The molecule has 0 amide bonds. The van der Waals surface area contributed by atoms with E-state index in [9.17, 15) is 0 Å². The van der Waals surface area contributed by atoms with Crippen molar-refractivity contribution in [2.24, 2.45) is 7.05 Å². The summed E-state index contributed by atoms with van der Waals surface area (Å²) in [5.74, 6) is 0. The van der Waals surface area contributed by atoms with Gasteiger partial charge in [0.25, 0.3) is 0 Å². The predicted octanol–water partition coefficient (Wildman–Crippen LogP) is 1.42. The molecule has 0 radical (unpaired) electrons. The topological polar surface area (TPSA) is 29.9 Å². The van der Waals surface area contributed by atoms with E-state index in [0.29, 0.717) is 0 Å². The van der Waals surface area contributed by atoms with Crippen molar-refractivity contribution in [1.29, 1.82) is 0 Å². The standard InChI is InChI=1S/C8H12BrN3/c1-7(9)3-10-4-8-5-11-6-12(8)2/h5-6,10H,1,3-4H2,2H3. The minimum Gasteiger partial charge on any atom is -0.337 e. The molecule has 1 rings (SSSR count). The molecule has 0 fully saturated rings. The van der Waals surface area contributed by atoms with Crippen molar-refractivity contribution < 1.29 is 0 Å². The first-order valence-electron chi connectivity index (χ1n) is 3.69. The summed E-state index contributed by atoms with van der Waals surface area (Å²) in [7, 11) is 1.98. The lowest BCUT2D eigenvalue weighted by molar-refractivity contribution is 0.699. The lowest BCUT2D eigenvalue weighted by atomic mass is 10.4. The van der Waals surface area contributed by atoms with Crippen LogP contribution >= 0.6 is 15.9 Å². The molecule has 1 N–H and O–H groups in total. The molecule has 0 spiro atoms. The van der Waals surface area contributed by atoms with Crippen LogP contribution in [-0.2, 0) is 13.6 Å². The van der Waals surface area contributed by atoms with Gasteiger partial charge in [0, 0.05) is 30.8 Å². The fourth-order valence-corrected chi connectivity index (χ4v) is 1.08. The monoisotopic (exact) mass is 229 g/mol. The van der Waals surface area contributed by atoms with E-state index in [0.717, 1.165) is 17.6 Å². The van der Waals surface area contributed by atoms with E-state index < -0.39 is 0 Å². The molecule has 4 heteroatoms. The van der Waals surface area contributed by atoms with Crippen molar-refractivity contribution in [3.63, 3.8) is 0 Å². The average molecular weight is 230 g/mol. The Kier molecular flexibility index (Phi) is 3.49. The van der Waals surface area contributed by atoms with Crippen LogP contribution in [0.5, 0.6) is 0 Å². The minimum atomic E-state index is 0.783. The third-order valence-corrected chi connectivity index (χ3v) is 1.82. The van der Waals surface area contributed by atoms with E-state index in [1.54, 1.807) is 6.33 Å². The fraction of sp³-hybridized carbons (Fsp3) is 0.375. The highest BCUT2D eigenvalue weighted by Gasteiger charge is 1.96. The first-order chi connectivity index (χ1) is 5.70. The van der Waals surface area contributed by atoms with E-state index >= 15 is 0 Å². The molecule has 0 saturated carbocycles. The van der Waals surface area contributed by atoms with Crippen LogP contribution in [0.2, 0.25) is 0 Å². The Hall–Kier alpha value is -0.610. The van der Waals surface area contributed by atoms with E-state index in [-0.39, 0.29) is 0 Å². The van der Waals surface area contributed by atoms with Crippen molar-refractivity contribution in [2.45, 2.75) is 6.54 Å². The molecule has 66 valence electrons. The summed E-state index contributed by atoms with van der Waals surface area (Å²) in [6, 6.07) is 0. The molecule has 1 aromatic rings. The van der Waals surface area contributed by atoms with Crippen molar-refractivity contribution in [2.75, 3.05) is 6.54 Å². The second kappa shape index (κ2) is 4.42. The Morgan fingerprint density at radius 1 is 1.83 bits per heavy atom. The van der Waals surface area contributed by atoms with Crippen LogP contribution in [0.15, 0.2) is 23.6 Å². The second-order valence-corrected chi connectivity index (χ2v) is 3.74. The molecule has 1 heterocycles. The molecule has 3 nitrogen and oxygen atoms in total. The van der Waals surface area contributed by atoms with Crippen LogP contribution in [0.25, 0.3) is 0 Å². The lowest BCUT2D eigenvalue weighted by Gasteiger charge is -2.03. The number of hydrogen-bond donors (Lipinski definition) is 1. The Balaban J connectivity index is 2.33. The van der Waals surface area contributed by atoms with Gasteiger partial charge in [-0.3, -0.25) is 0 Å². The molecule has 0 aromatic carbocycles. The van der Waals surface area contributed by atoms with Crippen molar-refractivity contribution in [3.05, 3.63) is 29.3 Å². The number of aryl methyl sites for hydroxylation is 1. The second-order valence-electron chi connectivity index (χ2n) is 2.62. The van der Waals surface area contributed by atoms with Gasteiger partial charge in [0.1, 0.15) is 0 Å². The van der Waals surface area contributed by atoms with E-state index in [2.05, 4.69) is 32.8 Å². The lowest BCUT2D eigenvalue weighted by Crippen LogP contribution is -2.16. The van der Waals surface area contributed by atoms with Crippen LogP contribution < -0.4 is 5.32 Å². The number of hydrogen-bond acceptors (Lipinski definition) is 2. The van der Waals surface area contributed by atoms with Gasteiger partial charge in [-0.2, -0.15) is 0 Å². The van der Waals surface area contributed by atoms with Crippen LogP contribution in [0.4, 0.5) is 0 Å². The number of rotatable bonds is 4. The van der Waals surface area contributed by atoms with Gasteiger partial charge in [0.2, 0.25) is 0 Å². The maximum atomic E-state index is 4.01. The number of aromatic nitrogens is 2. The molecular formula is C8H12BrN3. The summed E-state index contributed by atoms with van der Waals surface area (Å²) in [6.07, 6.45) is 3.64. The van der Waals surface area contributed by atoms with Crippen LogP contribution in [0.1, 0.15) is 5.69 Å². The molecular weight excluding hydrogens is 218 g/mol. The highest BCUT2D eigenvalue weighted by atomic mass is 79.9. The summed E-state index contributed by atoms with van der Waals surface area (Å²) in [5, 5.41) is 3.22. The molecule has 0 aliphatic heterocycles. The van der Waals surface area contributed by atoms with Crippen LogP contribution in [0, 0.1) is 0 Å². The van der Waals surface area contributed by atoms with Gasteiger partial charge in [-0.05, 0) is 0 Å². The van der Waals surface area contributed by atoms with Crippen LogP contribution in [0.3, 0.4) is 0 Å². The Bertz CT molecular complexity index is 267. The van der Waals surface area contributed by atoms with Gasteiger partial charge in [0.15, 0.2) is 0 Å². The first-order valence-corrected chi connectivity index (χ1v) is 4.48. The molecule has 0 saturated heterocycles. The third kappa shape index (κ3) is 2.79. The van der Waals surface area contributed by atoms with Gasteiger partial charge in [-0.15, -0.1) is 0 Å². The molecule has 0 aliphatic rings. The van der Waals surface area contributed by atoms with Gasteiger partial charge in [0.05, 0.1) is 12.0 Å². The van der Waals surface area contributed by atoms with E-state index in [1.807, 2.05) is 17.8 Å². The van der Waals surface area contributed by atoms with Gasteiger partial charge in [-0.25, -0.2) is 4.98 Å². The van der Waals surface area contributed by atoms with E-state index in [4.69, 9.17) is 0 Å². The van der Waals surface area contributed by atoms with E-state index in [1.165, 1.54) is 5.69 Å². The predicted molar refractivity (Wildman–Crippen MR) is 53.0 cm³/mol. The Morgan fingerprint density at radius 2 is 2.58 bits per heavy atom. The number of nitrogens with zero attached hydrogens (tertiary/aromatic N) is 2. The summed E-state index contributed by atoms with van der Waals surface area (Å²) >= 11 is 3.28. The largest absolute Gasteiger partial charge is 0.337 e. The fourth-order valence-electron chi connectivity index (χ4n) is 0.881. The summed E-state index contributed by atoms with van der Waals surface area (Å²) in [5.41, 5.74) is 1.17. The zero-order chi connectivity index (χ0) is 8.97. The average Bonchev–Trinajstić information content (AvgIpc) is 2.36. The number of nitrogens with one attached hydrogen (secondary N) is 1. The normalized spacial score (nSPS) is 10.2. The van der Waals surface area contributed by atoms with Crippen LogP contribution in [-0.4, -0.2) is 16.1 Å². The van der Waals surface area contributed by atoms with Crippen molar-refractivity contribution in [1.82, 2.24) is 14.9 Å². The highest BCUT2D eigenvalue weighted by molar-refractivity contribution is 9.11. The van der Waals surface area contributed by atoms with Gasteiger partial charge < -0.3 is 9.88 Å². The molecule has 0 bridgehead atoms. The molecule has 1 aromatic heterocycles. The number of imidazole rings is 1.